The molecule has 1 amide bonds. The molecule has 1 aliphatic heterocycles. The van der Waals surface area contributed by atoms with Crippen LogP contribution in [0.1, 0.15) is 40.2 Å². The van der Waals surface area contributed by atoms with Crippen molar-refractivity contribution < 1.29 is 17.6 Å². The summed E-state index contributed by atoms with van der Waals surface area (Å²) in [6.45, 7) is 1.56. The molecular formula is C22H20FN3O3S2. The van der Waals surface area contributed by atoms with Crippen molar-refractivity contribution in [2.24, 2.45) is 5.10 Å². The fraction of sp³-hybridized carbons (Fsp3) is 0.182. The maximum Gasteiger partial charge on any atom is 0.284 e. The molecular weight excluding hydrogens is 437 g/mol. The Kier molecular flexibility index (Phi) is 5.88. The van der Waals surface area contributed by atoms with Crippen LogP contribution in [0.2, 0.25) is 0 Å². The van der Waals surface area contributed by atoms with Crippen molar-refractivity contribution in [3.8, 4) is 0 Å². The highest BCUT2D eigenvalue weighted by molar-refractivity contribution is 7.92. The number of carbonyl (C=O) groups excluding carboxylic acids is 1. The summed E-state index contributed by atoms with van der Waals surface area (Å²) >= 11 is 1.33. The van der Waals surface area contributed by atoms with E-state index in [-0.39, 0.29) is 23.5 Å². The van der Waals surface area contributed by atoms with Crippen LogP contribution in [0, 0.1) is 5.82 Å². The second-order valence-corrected chi connectivity index (χ2v) is 9.99. The van der Waals surface area contributed by atoms with E-state index in [2.05, 4.69) is 9.82 Å². The topological polar surface area (TPSA) is 78.8 Å². The standard InChI is InChI=1S/C22H20FN3O3S2/c1-2-31(28,29)25-18-6-3-5-16(13-18)19-14-20(15-8-10-17(23)11-9-15)26(24-19)22(27)21-7-4-12-30-21/h3-13,20,25H,2,14H2,1H3. The summed E-state index contributed by atoms with van der Waals surface area (Å²) in [6, 6.07) is 16.1. The summed E-state index contributed by atoms with van der Waals surface area (Å²) in [5, 5.41) is 7.84. The normalized spacial score (nSPS) is 16.3. The molecule has 0 bridgehead atoms. The number of hydrazone groups is 1. The van der Waals surface area contributed by atoms with E-state index in [0.29, 0.717) is 28.3 Å². The quantitative estimate of drug-likeness (QED) is 0.586. The molecule has 1 atom stereocenters. The molecule has 0 saturated carbocycles. The Balaban J connectivity index is 1.69. The van der Waals surface area contributed by atoms with Gasteiger partial charge in [0.1, 0.15) is 5.82 Å². The molecule has 2 heterocycles. The molecule has 31 heavy (non-hydrogen) atoms. The zero-order valence-electron chi connectivity index (χ0n) is 16.7. The van der Waals surface area contributed by atoms with E-state index in [4.69, 9.17) is 0 Å². The van der Waals surface area contributed by atoms with Gasteiger partial charge in [-0.15, -0.1) is 11.3 Å². The Labute approximate surface area is 184 Å². The lowest BCUT2D eigenvalue weighted by atomic mass is 9.98. The number of thiophene rings is 1. The third-order valence-corrected chi connectivity index (χ3v) is 7.12. The number of carbonyl (C=O) groups is 1. The van der Waals surface area contributed by atoms with Gasteiger partial charge in [0.05, 0.1) is 22.4 Å². The van der Waals surface area contributed by atoms with E-state index < -0.39 is 10.0 Å². The summed E-state index contributed by atoms with van der Waals surface area (Å²) < 4.78 is 39.8. The first-order chi connectivity index (χ1) is 14.9. The number of amides is 1. The minimum Gasteiger partial charge on any atom is -0.284 e. The van der Waals surface area contributed by atoms with Gasteiger partial charge in [-0.1, -0.05) is 30.3 Å². The lowest BCUT2D eigenvalue weighted by Gasteiger charge is -2.21. The lowest BCUT2D eigenvalue weighted by Crippen LogP contribution is -2.26. The van der Waals surface area contributed by atoms with E-state index in [1.54, 1.807) is 49.4 Å². The Bertz CT molecular complexity index is 1220. The van der Waals surface area contributed by atoms with Crippen molar-refractivity contribution in [3.63, 3.8) is 0 Å². The van der Waals surface area contributed by atoms with E-state index in [1.807, 2.05) is 11.4 Å². The van der Waals surface area contributed by atoms with E-state index >= 15 is 0 Å². The number of anilines is 1. The van der Waals surface area contributed by atoms with Crippen LogP contribution in [0.3, 0.4) is 0 Å². The first-order valence-corrected chi connectivity index (χ1v) is 12.2. The molecule has 0 spiro atoms. The molecule has 6 nitrogen and oxygen atoms in total. The van der Waals surface area contributed by atoms with Gasteiger partial charge in [0.15, 0.2) is 0 Å². The highest BCUT2D eigenvalue weighted by atomic mass is 32.2. The van der Waals surface area contributed by atoms with Crippen LogP contribution in [0.15, 0.2) is 71.1 Å². The molecule has 1 aromatic heterocycles. The van der Waals surface area contributed by atoms with Gasteiger partial charge >= 0.3 is 0 Å². The lowest BCUT2D eigenvalue weighted by molar-refractivity contribution is 0.0716. The van der Waals surface area contributed by atoms with Gasteiger partial charge in [0.2, 0.25) is 10.0 Å². The molecule has 3 aromatic rings. The van der Waals surface area contributed by atoms with Crippen LogP contribution in [-0.4, -0.2) is 30.8 Å². The fourth-order valence-electron chi connectivity index (χ4n) is 3.34. The van der Waals surface area contributed by atoms with Crippen LogP contribution in [0.25, 0.3) is 0 Å². The third-order valence-electron chi connectivity index (χ3n) is 4.95. The Morgan fingerprint density at radius 2 is 1.97 bits per heavy atom. The minimum absolute atomic E-state index is 0.0338. The smallest absolute Gasteiger partial charge is 0.284 e. The van der Waals surface area contributed by atoms with Crippen LogP contribution in [0.4, 0.5) is 10.1 Å². The maximum atomic E-state index is 13.4. The molecule has 9 heteroatoms. The van der Waals surface area contributed by atoms with E-state index in [1.165, 1.54) is 28.5 Å². The van der Waals surface area contributed by atoms with E-state index in [0.717, 1.165) is 5.56 Å². The Hall–Kier alpha value is -3.04. The van der Waals surface area contributed by atoms with Gasteiger partial charge < -0.3 is 0 Å². The molecule has 0 radical (unpaired) electrons. The average Bonchev–Trinajstić information content (AvgIpc) is 3.44. The summed E-state index contributed by atoms with van der Waals surface area (Å²) in [5.74, 6) is -0.620. The van der Waals surface area contributed by atoms with Crippen LogP contribution in [0.5, 0.6) is 0 Å². The number of hydrogen-bond donors (Lipinski definition) is 1. The number of sulfonamides is 1. The van der Waals surface area contributed by atoms with E-state index in [9.17, 15) is 17.6 Å². The zero-order valence-corrected chi connectivity index (χ0v) is 18.3. The van der Waals surface area contributed by atoms with Crippen LogP contribution < -0.4 is 4.72 Å². The van der Waals surface area contributed by atoms with Crippen LogP contribution in [-0.2, 0) is 10.0 Å². The molecule has 1 unspecified atom stereocenters. The number of nitrogens with zero attached hydrogens (tertiary/aromatic N) is 2. The maximum absolute atomic E-state index is 13.4. The largest absolute Gasteiger partial charge is 0.284 e. The third kappa shape index (κ3) is 4.67. The number of nitrogens with one attached hydrogen (secondary N) is 1. The molecule has 0 aliphatic carbocycles. The number of benzene rings is 2. The van der Waals surface area contributed by atoms with Crippen molar-refractivity contribution in [1.82, 2.24) is 5.01 Å². The predicted molar refractivity (Wildman–Crippen MR) is 120 cm³/mol. The van der Waals surface area contributed by atoms with Gasteiger partial charge in [-0.3, -0.25) is 9.52 Å². The van der Waals surface area contributed by atoms with Gasteiger partial charge in [0, 0.05) is 12.1 Å². The summed E-state index contributed by atoms with van der Waals surface area (Å²) in [4.78, 5) is 13.6. The second kappa shape index (κ2) is 8.60. The van der Waals surface area contributed by atoms with Crippen molar-refractivity contribution >= 4 is 38.7 Å². The van der Waals surface area contributed by atoms with Crippen molar-refractivity contribution in [1.29, 1.82) is 0 Å². The zero-order chi connectivity index (χ0) is 22.0. The van der Waals surface area contributed by atoms with Crippen molar-refractivity contribution in [3.05, 3.63) is 87.9 Å². The first kappa shape index (κ1) is 21.2. The molecule has 0 fully saturated rings. The molecule has 0 saturated heterocycles. The summed E-state index contributed by atoms with van der Waals surface area (Å²) in [7, 11) is -3.41. The molecule has 4 rings (SSSR count). The number of halogens is 1. The second-order valence-electron chi connectivity index (χ2n) is 7.03. The average molecular weight is 458 g/mol. The van der Waals surface area contributed by atoms with Crippen molar-refractivity contribution in [2.45, 2.75) is 19.4 Å². The number of hydrogen-bond acceptors (Lipinski definition) is 5. The molecule has 2 aromatic carbocycles. The predicted octanol–water partition coefficient (Wildman–Crippen LogP) is 4.64. The van der Waals surface area contributed by atoms with Gasteiger partial charge in [-0.25, -0.2) is 17.8 Å². The fourth-order valence-corrected chi connectivity index (χ4v) is 4.63. The monoisotopic (exact) mass is 457 g/mol. The van der Waals surface area contributed by atoms with Crippen molar-refractivity contribution in [2.75, 3.05) is 10.5 Å². The summed E-state index contributed by atoms with van der Waals surface area (Å²) in [5.41, 5.74) is 2.57. The van der Waals surface area contributed by atoms with Gasteiger partial charge in [0.25, 0.3) is 5.91 Å². The highest BCUT2D eigenvalue weighted by Crippen LogP contribution is 2.35. The van der Waals surface area contributed by atoms with Gasteiger partial charge in [-0.2, -0.15) is 5.10 Å². The Morgan fingerprint density at radius 3 is 2.65 bits per heavy atom. The van der Waals surface area contributed by atoms with Gasteiger partial charge in [-0.05, 0) is 53.8 Å². The highest BCUT2D eigenvalue weighted by Gasteiger charge is 2.34. The first-order valence-electron chi connectivity index (χ1n) is 9.67. The SMILES string of the molecule is CCS(=O)(=O)Nc1cccc(C2=NN(C(=O)c3cccs3)C(c3ccc(F)cc3)C2)c1. The Morgan fingerprint density at radius 1 is 1.19 bits per heavy atom. The van der Waals surface area contributed by atoms with Crippen LogP contribution >= 0.6 is 11.3 Å². The molecule has 1 aliphatic rings. The summed E-state index contributed by atoms with van der Waals surface area (Å²) in [6.07, 6.45) is 0.423. The molecule has 160 valence electrons. The molecule has 1 N–H and O–H groups in total. The number of rotatable bonds is 6. The minimum atomic E-state index is -3.41.